The van der Waals surface area contributed by atoms with Crippen LogP contribution in [0.15, 0.2) is 24.3 Å². The Balaban J connectivity index is 2.60. The molecule has 0 aliphatic rings. The Labute approximate surface area is 140 Å². The van der Waals surface area contributed by atoms with Crippen LogP contribution in [0.2, 0.25) is 0 Å². The maximum absolute atomic E-state index is 9.23. The molecule has 8 nitrogen and oxygen atoms in total. The van der Waals surface area contributed by atoms with Crippen LogP contribution in [0.4, 0.5) is 0 Å². The third-order valence-electron chi connectivity index (χ3n) is 3.93. The van der Waals surface area contributed by atoms with Gasteiger partial charge >= 0.3 is 0 Å². The molecular formula is C16H26O8. The summed E-state index contributed by atoms with van der Waals surface area (Å²) in [7, 11) is 0. The second-order valence-electron chi connectivity index (χ2n) is 6.00. The lowest BCUT2D eigenvalue weighted by molar-refractivity contribution is -0.0269. The van der Waals surface area contributed by atoms with Gasteiger partial charge in [-0.1, -0.05) is 0 Å². The minimum absolute atomic E-state index is 0.0562. The highest BCUT2D eigenvalue weighted by Crippen LogP contribution is 2.23. The number of ether oxygens (including phenoxy) is 2. The maximum Gasteiger partial charge on any atom is 0.119 e. The van der Waals surface area contributed by atoms with Crippen LogP contribution in [-0.2, 0) is 0 Å². The molecule has 1 aromatic rings. The van der Waals surface area contributed by atoms with Gasteiger partial charge in [-0.2, -0.15) is 0 Å². The summed E-state index contributed by atoms with van der Waals surface area (Å²) in [6.07, 6.45) is 0. The largest absolute Gasteiger partial charge is 0.493 e. The molecule has 0 aromatic heterocycles. The molecule has 0 fully saturated rings. The highest BCUT2D eigenvalue weighted by molar-refractivity contribution is 5.31. The Bertz CT molecular complexity index is 394. The van der Waals surface area contributed by atoms with E-state index in [1.807, 2.05) is 0 Å². The van der Waals surface area contributed by atoms with E-state index in [0.29, 0.717) is 11.5 Å². The summed E-state index contributed by atoms with van der Waals surface area (Å²) in [4.78, 5) is 0. The van der Waals surface area contributed by atoms with Crippen molar-refractivity contribution in [1.29, 1.82) is 0 Å². The van der Waals surface area contributed by atoms with E-state index in [1.54, 1.807) is 24.3 Å². The van der Waals surface area contributed by atoms with Crippen LogP contribution >= 0.6 is 0 Å². The van der Waals surface area contributed by atoms with Gasteiger partial charge in [-0.15, -0.1) is 0 Å². The van der Waals surface area contributed by atoms with Crippen LogP contribution in [-0.4, -0.2) is 83.5 Å². The summed E-state index contributed by atoms with van der Waals surface area (Å²) in [6.45, 7) is -2.57. The van der Waals surface area contributed by atoms with E-state index in [0.717, 1.165) is 0 Å². The standard InChI is InChI=1S/C16H26O8/c17-5-15(6-18,7-19)11-23-13-1-2-14(4-3-13)24-12-16(8-20,9-21)10-22/h1-4,17-22H,5-12H2. The Morgan fingerprint density at radius 1 is 0.542 bits per heavy atom. The Kier molecular flexibility index (Phi) is 8.40. The first kappa shape index (κ1) is 20.6. The summed E-state index contributed by atoms with van der Waals surface area (Å²) in [5.74, 6) is 0.916. The van der Waals surface area contributed by atoms with E-state index in [9.17, 15) is 30.6 Å². The summed E-state index contributed by atoms with van der Waals surface area (Å²) >= 11 is 0. The molecule has 1 rings (SSSR count). The van der Waals surface area contributed by atoms with Crippen LogP contribution in [0.3, 0.4) is 0 Å². The molecule has 138 valence electrons. The van der Waals surface area contributed by atoms with Crippen molar-refractivity contribution in [3.05, 3.63) is 24.3 Å². The van der Waals surface area contributed by atoms with Crippen LogP contribution in [0.1, 0.15) is 0 Å². The molecule has 0 bridgehead atoms. The van der Waals surface area contributed by atoms with Gasteiger partial charge in [-0.05, 0) is 24.3 Å². The number of aliphatic hydroxyl groups excluding tert-OH is 6. The predicted molar refractivity (Wildman–Crippen MR) is 84.8 cm³/mol. The average molecular weight is 346 g/mol. The van der Waals surface area contributed by atoms with Gasteiger partial charge in [-0.3, -0.25) is 0 Å². The van der Waals surface area contributed by atoms with E-state index in [1.165, 1.54) is 0 Å². The smallest absolute Gasteiger partial charge is 0.119 e. The highest BCUT2D eigenvalue weighted by Gasteiger charge is 2.30. The van der Waals surface area contributed by atoms with E-state index < -0.39 is 50.5 Å². The molecule has 0 saturated heterocycles. The molecular weight excluding hydrogens is 320 g/mol. The van der Waals surface area contributed by atoms with Crippen molar-refractivity contribution in [2.24, 2.45) is 10.8 Å². The van der Waals surface area contributed by atoms with Crippen molar-refractivity contribution in [3.8, 4) is 11.5 Å². The Hall–Kier alpha value is -1.42. The van der Waals surface area contributed by atoms with Gasteiger partial charge in [0.2, 0.25) is 0 Å². The van der Waals surface area contributed by atoms with Crippen LogP contribution < -0.4 is 9.47 Å². The van der Waals surface area contributed by atoms with Crippen molar-refractivity contribution in [2.45, 2.75) is 0 Å². The highest BCUT2D eigenvalue weighted by atomic mass is 16.5. The first-order valence-corrected chi connectivity index (χ1v) is 7.53. The van der Waals surface area contributed by atoms with Crippen molar-refractivity contribution in [3.63, 3.8) is 0 Å². The molecule has 24 heavy (non-hydrogen) atoms. The third kappa shape index (κ3) is 5.30. The van der Waals surface area contributed by atoms with Gasteiger partial charge in [0.25, 0.3) is 0 Å². The van der Waals surface area contributed by atoms with Gasteiger partial charge in [-0.25, -0.2) is 0 Å². The molecule has 6 N–H and O–H groups in total. The van der Waals surface area contributed by atoms with Crippen LogP contribution in [0.25, 0.3) is 0 Å². The lowest BCUT2D eigenvalue weighted by atomic mass is 9.92. The molecule has 0 saturated carbocycles. The van der Waals surface area contributed by atoms with Gasteiger partial charge < -0.3 is 40.1 Å². The summed E-state index contributed by atoms with van der Waals surface area (Å²) < 4.78 is 10.9. The monoisotopic (exact) mass is 346 g/mol. The lowest BCUT2D eigenvalue weighted by Gasteiger charge is -2.27. The first-order valence-electron chi connectivity index (χ1n) is 7.53. The number of benzene rings is 1. The predicted octanol–water partition coefficient (Wildman–Crippen LogP) is -1.63. The quantitative estimate of drug-likeness (QED) is 0.265. The Morgan fingerprint density at radius 3 is 1.00 bits per heavy atom. The van der Waals surface area contributed by atoms with E-state index in [2.05, 4.69) is 0 Å². The topological polar surface area (TPSA) is 140 Å². The van der Waals surface area contributed by atoms with Crippen molar-refractivity contribution in [2.75, 3.05) is 52.9 Å². The maximum atomic E-state index is 9.23. The second-order valence-corrected chi connectivity index (χ2v) is 6.00. The fraction of sp³-hybridized carbons (Fsp3) is 0.625. The molecule has 0 aliphatic carbocycles. The average Bonchev–Trinajstić information content (AvgIpc) is 2.66. The number of hydrogen-bond donors (Lipinski definition) is 6. The van der Waals surface area contributed by atoms with Crippen molar-refractivity contribution in [1.82, 2.24) is 0 Å². The molecule has 0 heterocycles. The van der Waals surface area contributed by atoms with E-state index >= 15 is 0 Å². The van der Waals surface area contributed by atoms with Crippen LogP contribution in [0, 0.1) is 10.8 Å². The van der Waals surface area contributed by atoms with Crippen molar-refractivity contribution >= 4 is 0 Å². The molecule has 0 amide bonds. The van der Waals surface area contributed by atoms with E-state index in [-0.39, 0.29) is 13.2 Å². The number of aliphatic hydroxyl groups is 6. The normalized spacial score (nSPS) is 12.2. The zero-order valence-corrected chi connectivity index (χ0v) is 13.5. The second kappa shape index (κ2) is 9.77. The van der Waals surface area contributed by atoms with Crippen LogP contribution in [0.5, 0.6) is 11.5 Å². The zero-order valence-electron chi connectivity index (χ0n) is 13.5. The van der Waals surface area contributed by atoms with Gasteiger partial charge in [0.15, 0.2) is 0 Å². The summed E-state index contributed by atoms with van der Waals surface area (Å²) in [5, 5.41) is 55.4. The molecule has 1 aromatic carbocycles. The number of rotatable bonds is 12. The minimum atomic E-state index is -1.11. The first-order chi connectivity index (χ1) is 11.5. The zero-order chi connectivity index (χ0) is 18.1. The van der Waals surface area contributed by atoms with E-state index in [4.69, 9.17) is 9.47 Å². The van der Waals surface area contributed by atoms with Gasteiger partial charge in [0.1, 0.15) is 24.7 Å². The molecule has 0 unspecified atom stereocenters. The fourth-order valence-corrected chi connectivity index (χ4v) is 1.68. The molecule has 8 heteroatoms. The van der Waals surface area contributed by atoms with Crippen molar-refractivity contribution < 1.29 is 40.1 Å². The third-order valence-corrected chi connectivity index (χ3v) is 3.93. The summed E-state index contributed by atoms with van der Waals surface area (Å²) in [6, 6.07) is 6.41. The SMILES string of the molecule is OCC(CO)(CO)COc1ccc(OCC(CO)(CO)CO)cc1. The fourth-order valence-electron chi connectivity index (χ4n) is 1.68. The van der Waals surface area contributed by atoms with Gasteiger partial charge in [0, 0.05) is 0 Å². The number of hydrogen-bond acceptors (Lipinski definition) is 8. The lowest BCUT2D eigenvalue weighted by Crippen LogP contribution is -2.40. The summed E-state index contributed by atoms with van der Waals surface area (Å²) in [5.41, 5.74) is -2.23. The van der Waals surface area contributed by atoms with Gasteiger partial charge in [0.05, 0.1) is 50.5 Å². The molecule has 0 radical (unpaired) electrons. The molecule has 0 atom stereocenters. The Morgan fingerprint density at radius 2 is 0.792 bits per heavy atom. The molecule has 0 aliphatic heterocycles. The molecule has 0 spiro atoms. The minimum Gasteiger partial charge on any atom is -0.493 e.